The van der Waals surface area contributed by atoms with Gasteiger partial charge in [-0.3, -0.25) is 0 Å². The van der Waals surface area contributed by atoms with Gasteiger partial charge < -0.3 is 9.47 Å². The van der Waals surface area contributed by atoms with Gasteiger partial charge in [0.15, 0.2) is 5.82 Å². The highest BCUT2D eigenvalue weighted by Gasteiger charge is 2.16. The standard InChI is InChI=1S/C18H18N4O4S/c1-3-12-26-18-20-17(13-4-8-15(25-2)9-5-13)22(21-18)14-6-10-16(11-7-14)27(19,23)24/h3-11H,1,12H2,2H3,(H2,19,23,24). The van der Waals surface area contributed by atoms with Crippen LogP contribution in [0.1, 0.15) is 0 Å². The molecule has 2 N–H and O–H groups in total. The molecule has 0 atom stereocenters. The molecule has 1 aromatic heterocycles. The third-order valence-corrected chi connectivity index (χ3v) is 4.61. The van der Waals surface area contributed by atoms with Gasteiger partial charge in [-0.05, 0) is 48.5 Å². The van der Waals surface area contributed by atoms with E-state index in [9.17, 15) is 8.42 Å². The Morgan fingerprint density at radius 2 is 1.81 bits per heavy atom. The number of hydrogen-bond acceptors (Lipinski definition) is 6. The fourth-order valence-electron chi connectivity index (χ4n) is 2.37. The Hall–Kier alpha value is -3.17. The Morgan fingerprint density at radius 1 is 1.15 bits per heavy atom. The zero-order valence-corrected chi connectivity index (χ0v) is 15.4. The predicted octanol–water partition coefficient (Wildman–Crippen LogP) is 2.16. The average molecular weight is 386 g/mol. The number of methoxy groups -OCH3 is 1. The number of rotatable bonds is 7. The zero-order chi connectivity index (χ0) is 19.4. The van der Waals surface area contributed by atoms with Gasteiger partial charge in [0.05, 0.1) is 17.7 Å². The number of aromatic nitrogens is 3. The fourth-order valence-corrected chi connectivity index (χ4v) is 2.89. The maximum atomic E-state index is 11.5. The lowest BCUT2D eigenvalue weighted by Crippen LogP contribution is -2.12. The monoisotopic (exact) mass is 386 g/mol. The highest BCUT2D eigenvalue weighted by molar-refractivity contribution is 7.89. The van der Waals surface area contributed by atoms with Crippen molar-refractivity contribution in [1.29, 1.82) is 0 Å². The molecule has 2 aromatic carbocycles. The van der Waals surface area contributed by atoms with Crippen molar-refractivity contribution in [1.82, 2.24) is 14.8 Å². The van der Waals surface area contributed by atoms with Crippen LogP contribution in [0.5, 0.6) is 11.8 Å². The summed E-state index contributed by atoms with van der Waals surface area (Å²) < 4.78 is 35.1. The molecule has 0 unspecified atom stereocenters. The van der Waals surface area contributed by atoms with E-state index in [1.165, 1.54) is 12.1 Å². The van der Waals surface area contributed by atoms with Crippen molar-refractivity contribution < 1.29 is 17.9 Å². The van der Waals surface area contributed by atoms with E-state index in [2.05, 4.69) is 16.7 Å². The van der Waals surface area contributed by atoms with Gasteiger partial charge in [-0.1, -0.05) is 12.7 Å². The molecule has 0 aliphatic rings. The third-order valence-electron chi connectivity index (χ3n) is 3.68. The van der Waals surface area contributed by atoms with Crippen molar-refractivity contribution in [2.75, 3.05) is 13.7 Å². The second-order valence-electron chi connectivity index (χ2n) is 5.50. The molecule has 0 radical (unpaired) electrons. The Labute approximate surface area is 156 Å². The summed E-state index contributed by atoms with van der Waals surface area (Å²) in [5, 5.41) is 9.50. The number of benzene rings is 2. The second kappa shape index (κ2) is 7.60. The lowest BCUT2D eigenvalue weighted by Gasteiger charge is -2.07. The maximum absolute atomic E-state index is 11.5. The molecule has 140 valence electrons. The van der Waals surface area contributed by atoms with E-state index >= 15 is 0 Å². The molecule has 0 aliphatic heterocycles. The number of ether oxygens (including phenoxy) is 2. The average Bonchev–Trinajstić information content (AvgIpc) is 3.10. The molecule has 0 saturated carbocycles. The van der Waals surface area contributed by atoms with Crippen LogP contribution in [-0.2, 0) is 10.0 Å². The SMILES string of the molecule is C=CCOc1nc(-c2ccc(OC)cc2)n(-c2ccc(S(N)(=O)=O)cc2)n1. The Bertz CT molecular complexity index is 1040. The van der Waals surface area contributed by atoms with E-state index in [4.69, 9.17) is 14.6 Å². The number of nitrogens with zero attached hydrogens (tertiary/aromatic N) is 3. The van der Waals surface area contributed by atoms with E-state index < -0.39 is 10.0 Å². The predicted molar refractivity (Wildman–Crippen MR) is 100 cm³/mol. The molecule has 3 rings (SSSR count). The summed E-state index contributed by atoms with van der Waals surface area (Å²) >= 11 is 0. The van der Waals surface area contributed by atoms with Gasteiger partial charge in [0.2, 0.25) is 10.0 Å². The first-order valence-electron chi connectivity index (χ1n) is 7.91. The molecule has 0 aliphatic carbocycles. The van der Waals surface area contributed by atoms with Gasteiger partial charge in [-0.25, -0.2) is 18.2 Å². The lowest BCUT2D eigenvalue weighted by atomic mass is 10.2. The summed E-state index contributed by atoms with van der Waals surface area (Å²) in [4.78, 5) is 4.43. The minimum absolute atomic E-state index is 0.0143. The van der Waals surface area contributed by atoms with E-state index in [0.29, 0.717) is 17.3 Å². The number of nitrogens with two attached hydrogens (primary N) is 1. The summed E-state index contributed by atoms with van der Waals surface area (Å²) in [6.07, 6.45) is 1.59. The van der Waals surface area contributed by atoms with E-state index in [1.807, 2.05) is 24.3 Å². The molecule has 27 heavy (non-hydrogen) atoms. The first kappa shape index (κ1) is 18.6. The summed E-state index contributed by atoms with van der Waals surface area (Å²) in [5.74, 6) is 1.24. The molecule has 0 spiro atoms. The second-order valence-corrected chi connectivity index (χ2v) is 7.06. The van der Waals surface area contributed by atoms with Crippen molar-refractivity contribution in [3.63, 3.8) is 0 Å². The normalized spacial score (nSPS) is 11.2. The van der Waals surface area contributed by atoms with Crippen LogP contribution in [0, 0.1) is 0 Å². The van der Waals surface area contributed by atoms with Crippen LogP contribution < -0.4 is 14.6 Å². The van der Waals surface area contributed by atoms with Crippen LogP contribution in [0.25, 0.3) is 17.1 Å². The van der Waals surface area contributed by atoms with Crippen molar-refractivity contribution in [2.24, 2.45) is 5.14 Å². The van der Waals surface area contributed by atoms with Crippen LogP contribution in [-0.4, -0.2) is 36.9 Å². The van der Waals surface area contributed by atoms with Gasteiger partial charge in [0.1, 0.15) is 12.4 Å². The van der Waals surface area contributed by atoms with Crippen LogP contribution in [0.2, 0.25) is 0 Å². The third kappa shape index (κ3) is 4.15. The summed E-state index contributed by atoms with van der Waals surface area (Å²) in [5.41, 5.74) is 1.39. The molecule has 3 aromatic rings. The molecular weight excluding hydrogens is 368 g/mol. The van der Waals surface area contributed by atoms with Gasteiger partial charge in [0.25, 0.3) is 0 Å². The van der Waals surface area contributed by atoms with Crippen molar-refractivity contribution in [2.45, 2.75) is 4.90 Å². The lowest BCUT2D eigenvalue weighted by molar-refractivity contribution is 0.333. The molecule has 0 bridgehead atoms. The van der Waals surface area contributed by atoms with E-state index in [1.54, 1.807) is 30.0 Å². The van der Waals surface area contributed by atoms with Gasteiger partial charge in [0, 0.05) is 5.56 Å². The van der Waals surface area contributed by atoms with Gasteiger partial charge in [-0.15, -0.1) is 5.10 Å². The largest absolute Gasteiger partial charge is 0.497 e. The van der Waals surface area contributed by atoms with Crippen molar-refractivity contribution in [3.8, 4) is 28.8 Å². The maximum Gasteiger partial charge on any atom is 0.336 e. The molecule has 0 fully saturated rings. The van der Waals surface area contributed by atoms with Crippen molar-refractivity contribution in [3.05, 3.63) is 61.2 Å². The topological polar surface area (TPSA) is 109 Å². The fraction of sp³-hybridized carbons (Fsp3) is 0.111. The quantitative estimate of drug-likeness (QED) is 0.623. The Balaban J connectivity index is 2.06. The van der Waals surface area contributed by atoms with Gasteiger partial charge in [-0.2, -0.15) is 4.98 Å². The first-order valence-corrected chi connectivity index (χ1v) is 9.45. The number of hydrogen-bond donors (Lipinski definition) is 1. The first-order chi connectivity index (χ1) is 12.9. The minimum atomic E-state index is -3.77. The van der Waals surface area contributed by atoms with E-state index in [0.717, 1.165) is 5.56 Å². The van der Waals surface area contributed by atoms with Gasteiger partial charge >= 0.3 is 6.01 Å². The summed E-state index contributed by atoms with van der Waals surface area (Å²) in [6, 6.07) is 13.5. The molecule has 0 amide bonds. The van der Waals surface area contributed by atoms with Crippen LogP contribution in [0.15, 0.2) is 66.1 Å². The molecule has 9 heteroatoms. The highest BCUT2D eigenvalue weighted by Crippen LogP contribution is 2.26. The van der Waals surface area contributed by atoms with Crippen LogP contribution in [0.3, 0.4) is 0 Å². The number of sulfonamides is 1. The Kier molecular flexibility index (Phi) is 5.24. The van der Waals surface area contributed by atoms with E-state index in [-0.39, 0.29) is 17.5 Å². The summed E-state index contributed by atoms with van der Waals surface area (Å²) in [7, 11) is -2.18. The smallest absolute Gasteiger partial charge is 0.336 e. The molecule has 1 heterocycles. The zero-order valence-electron chi connectivity index (χ0n) is 14.6. The van der Waals surface area contributed by atoms with Crippen molar-refractivity contribution >= 4 is 10.0 Å². The van der Waals surface area contributed by atoms with Crippen LogP contribution >= 0.6 is 0 Å². The Morgan fingerprint density at radius 3 is 2.37 bits per heavy atom. The molecule has 8 nitrogen and oxygen atoms in total. The molecular formula is C18H18N4O4S. The highest BCUT2D eigenvalue weighted by atomic mass is 32.2. The summed E-state index contributed by atoms with van der Waals surface area (Å²) in [6.45, 7) is 3.86. The molecule has 0 saturated heterocycles. The minimum Gasteiger partial charge on any atom is -0.497 e. The van der Waals surface area contributed by atoms with Crippen LogP contribution in [0.4, 0.5) is 0 Å². The number of primary sulfonamides is 1.